The van der Waals surface area contributed by atoms with E-state index in [0.717, 1.165) is 0 Å². The summed E-state index contributed by atoms with van der Waals surface area (Å²) in [4.78, 5) is 13.2. The number of urea groups is 1. The first kappa shape index (κ1) is 12.2. The number of thiophene rings is 1. The Labute approximate surface area is 115 Å². The molecule has 1 unspecified atom stereocenters. The second-order valence-corrected chi connectivity index (χ2v) is 5.73. The number of hydrogen-bond acceptors (Lipinski definition) is 4. The minimum absolute atomic E-state index is 0.105. The molecule has 0 bridgehead atoms. The third kappa shape index (κ3) is 2.96. The van der Waals surface area contributed by atoms with Crippen molar-refractivity contribution in [3.05, 3.63) is 34.2 Å². The lowest BCUT2D eigenvalue weighted by Gasteiger charge is -2.16. The summed E-state index contributed by atoms with van der Waals surface area (Å²) in [5.41, 5.74) is 0. The Bertz CT molecular complexity index is 560. The van der Waals surface area contributed by atoms with E-state index in [2.05, 4.69) is 21.9 Å². The van der Waals surface area contributed by atoms with Crippen LogP contribution in [0.3, 0.4) is 0 Å². The fourth-order valence-electron chi connectivity index (χ4n) is 2.04. The summed E-state index contributed by atoms with van der Waals surface area (Å²) in [6.45, 7) is 1.79. The summed E-state index contributed by atoms with van der Waals surface area (Å²) in [6, 6.07) is 5.63. The van der Waals surface area contributed by atoms with E-state index in [1.165, 1.54) is 17.7 Å². The monoisotopic (exact) mass is 277 g/mol. The quantitative estimate of drug-likeness (QED) is 0.901. The Kier molecular flexibility index (Phi) is 3.25. The van der Waals surface area contributed by atoms with E-state index in [-0.39, 0.29) is 12.1 Å². The maximum Gasteiger partial charge on any atom is 0.321 e. The third-order valence-electron chi connectivity index (χ3n) is 3.10. The van der Waals surface area contributed by atoms with Crippen LogP contribution >= 0.6 is 11.3 Å². The Morgan fingerprint density at radius 2 is 2.42 bits per heavy atom. The van der Waals surface area contributed by atoms with Gasteiger partial charge in [0.15, 0.2) is 5.82 Å². The topological polar surface area (TPSA) is 67.2 Å². The van der Waals surface area contributed by atoms with Crippen molar-refractivity contribution in [3.8, 4) is 0 Å². The van der Waals surface area contributed by atoms with E-state index in [0.29, 0.717) is 17.5 Å². The van der Waals surface area contributed by atoms with Gasteiger partial charge in [0.2, 0.25) is 0 Å². The molecule has 2 aromatic rings. The molecule has 1 aliphatic carbocycles. The van der Waals surface area contributed by atoms with Gasteiger partial charge < -0.3 is 9.84 Å². The van der Waals surface area contributed by atoms with E-state index < -0.39 is 0 Å². The molecular formula is C13H15N3O2S. The predicted molar refractivity (Wildman–Crippen MR) is 73.2 cm³/mol. The van der Waals surface area contributed by atoms with Crippen LogP contribution in [0.15, 0.2) is 28.1 Å². The van der Waals surface area contributed by atoms with Crippen LogP contribution in [-0.4, -0.2) is 11.2 Å². The van der Waals surface area contributed by atoms with Crippen LogP contribution in [0.2, 0.25) is 0 Å². The lowest BCUT2D eigenvalue weighted by Crippen LogP contribution is -2.33. The van der Waals surface area contributed by atoms with Crippen molar-refractivity contribution in [2.45, 2.75) is 25.8 Å². The molecule has 0 aromatic carbocycles. The highest BCUT2D eigenvalue weighted by Gasteiger charge is 2.34. The molecule has 1 aliphatic rings. The smallest absolute Gasteiger partial charge is 0.321 e. The molecule has 100 valence electrons. The summed E-state index contributed by atoms with van der Waals surface area (Å²) in [5.74, 6) is 1.67. The fourth-order valence-corrected chi connectivity index (χ4v) is 2.91. The van der Waals surface area contributed by atoms with Gasteiger partial charge in [0.05, 0.1) is 6.04 Å². The number of amides is 2. The number of anilines is 1. The van der Waals surface area contributed by atoms with Crippen LogP contribution in [0.5, 0.6) is 0 Å². The molecule has 5 nitrogen and oxygen atoms in total. The van der Waals surface area contributed by atoms with Crippen molar-refractivity contribution in [2.24, 2.45) is 5.92 Å². The number of rotatable bonds is 4. The van der Waals surface area contributed by atoms with E-state index in [4.69, 9.17) is 4.52 Å². The van der Waals surface area contributed by atoms with Gasteiger partial charge in [-0.1, -0.05) is 11.2 Å². The molecule has 3 rings (SSSR count). The largest absolute Gasteiger partial charge is 0.360 e. The van der Waals surface area contributed by atoms with Gasteiger partial charge in [0.25, 0.3) is 0 Å². The van der Waals surface area contributed by atoms with E-state index in [9.17, 15) is 4.79 Å². The van der Waals surface area contributed by atoms with Crippen LogP contribution < -0.4 is 10.6 Å². The number of nitrogens with one attached hydrogen (secondary N) is 2. The van der Waals surface area contributed by atoms with Gasteiger partial charge in [-0.2, -0.15) is 0 Å². The van der Waals surface area contributed by atoms with Gasteiger partial charge >= 0.3 is 6.03 Å². The first-order chi connectivity index (χ1) is 9.22. The van der Waals surface area contributed by atoms with Crippen molar-refractivity contribution in [3.63, 3.8) is 0 Å². The Balaban J connectivity index is 1.64. The Morgan fingerprint density at radius 1 is 1.58 bits per heavy atom. The van der Waals surface area contributed by atoms with Crippen molar-refractivity contribution in [1.29, 1.82) is 0 Å². The van der Waals surface area contributed by atoms with E-state index in [1.807, 2.05) is 11.4 Å². The van der Waals surface area contributed by atoms with Crippen molar-refractivity contribution in [1.82, 2.24) is 10.5 Å². The van der Waals surface area contributed by atoms with E-state index >= 15 is 0 Å². The zero-order chi connectivity index (χ0) is 13.2. The Morgan fingerprint density at radius 3 is 3.00 bits per heavy atom. The predicted octanol–water partition coefficient (Wildman–Crippen LogP) is 3.32. The number of nitrogens with zero attached hydrogens (tertiary/aromatic N) is 1. The summed E-state index contributed by atoms with van der Waals surface area (Å²) in [7, 11) is 0. The van der Waals surface area contributed by atoms with Gasteiger partial charge in [0, 0.05) is 10.9 Å². The molecule has 0 saturated heterocycles. The minimum Gasteiger partial charge on any atom is -0.360 e. The van der Waals surface area contributed by atoms with Crippen molar-refractivity contribution in [2.75, 3.05) is 5.32 Å². The maximum absolute atomic E-state index is 12.0. The van der Waals surface area contributed by atoms with Gasteiger partial charge in [-0.15, -0.1) is 11.3 Å². The third-order valence-corrected chi connectivity index (χ3v) is 4.05. The number of carbonyl (C=O) groups excluding carboxylic acids is 1. The lowest BCUT2D eigenvalue weighted by atomic mass is 10.1. The molecule has 0 aliphatic heterocycles. The fraction of sp³-hybridized carbons (Fsp3) is 0.385. The zero-order valence-electron chi connectivity index (χ0n) is 10.6. The van der Waals surface area contributed by atoms with Gasteiger partial charge in [-0.25, -0.2) is 4.79 Å². The molecule has 2 heterocycles. The SMILES string of the molecule is Cc1cc(NC(=O)NC(c2cccs2)C2CC2)no1. The standard InChI is InChI=1S/C13H15N3O2S/c1-8-7-11(16-18-8)14-13(17)15-12(9-4-5-9)10-3-2-6-19-10/h2-3,6-7,9,12H,4-5H2,1H3,(H2,14,15,16,17). The van der Waals surface area contributed by atoms with Crippen LogP contribution in [0.1, 0.15) is 29.5 Å². The van der Waals surface area contributed by atoms with Gasteiger partial charge in [-0.3, -0.25) is 5.32 Å². The molecule has 0 radical (unpaired) electrons. The second-order valence-electron chi connectivity index (χ2n) is 4.75. The number of carbonyl (C=O) groups is 1. The average molecular weight is 277 g/mol. The van der Waals surface area contributed by atoms with Crippen molar-refractivity contribution < 1.29 is 9.32 Å². The number of aryl methyl sites for hydroxylation is 1. The molecule has 2 aromatic heterocycles. The summed E-state index contributed by atoms with van der Waals surface area (Å²) in [5, 5.41) is 11.5. The zero-order valence-corrected chi connectivity index (χ0v) is 11.4. The molecule has 1 atom stereocenters. The molecule has 1 fully saturated rings. The highest BCUT2D eigenvalue weighted by molar-refractivity contribution is 7.10. The minimum atomic E-state index is -0.237. The molecule has 6 heteroatoms. The molecule has 1 saturated carbocycles. The highest BCUT2D eigenvalue weighted by Crippen LogP contribution is 2.42. The summed E-state index contributed by atoms with van der Waals surface area (Å²) >= 11 is 1.68. The maximum atomic E-state index is 12.0. The van der Waals surface area contributed by atoms with Gasteiger partial charge in [0.1, 0.15) is 5.76 Å². The van der Waals surface area contributed by atoms with Crippen LogP contribution in [0.4, 0.5) is 10.6 Å². The molecular weight excluding hydrogens is 262 g/mol. The molecule has 19 heavy (non-hydrogen) atoms. The highest BCUT2D eigenvalue weighted by atomic mass is 32.1. The first-order valence-electron chi connectivity index (χ1n) is 6.26. The second kappa shape index (κ2) is 5.05. The van der Waals surface area contributed by atoms with Crippen LogP contribution in [0, 0.1) is 12.8 Å². The van der Waals surface area contributed by atoms with Crippen LogP contribution in [-0.2, 0) is 0 Å². The molecule has 2 N–H and O–H groups in total. The first-order valence-corrected chi connectivity index (χ1v) is 7.14. The van der Waals surface area contributed by atoms with E-state index in [1.54, 1.807) is 24.3 Å². The number of hydrogen-bond donors (Lipinski definition) is 2. The van der Waals surface area contributed by atoms with Crippen molar-refractivity contribution >= 4 is 23.2 Å². The lowest BCUT2D eigenvalue weighted by molar-refractivity contribution is 0.247. The number of aromatic nitrogens is 1. The Hall–Kier alpha value is -1.82. The normalized spacial score (nSPS) is 16.1. The summed E-state index contributed by atoms with van der Waals surface area (Å²) < 4.78 is 4.91. The van der Waals surface area contributed by atoms with Gasteiger partial charge in [-0.05, 0) is 37.1 Å². The summed E-state index contributed by atoms with van der Waals surface area (Å²) in [6.07, 6.45) is 2.35. The molecule has 2 amide bonds. The van der Waals surface area contributed by atoms with Crippen LogP contribution in [0.25, 0.3) is 0 Å². The molecule has 0 spiro atoms. The average Bonchev–Trinajstić information content (AvgIpc) is 2.90.